The van der Waals surface area contributed by atoms with E-state index < -0.39 is 23.7 Å². The van der Waals surface area contributed by atoms with E-state index in [0.29, 0.717) is 17.9 Å². The summed E-state index contributed by atoms with van der Waals surface area (Å²) in [5.41, 5.74) is 1.02. The summed E-state index contributed by atoms with van der Waals surface area (Å²) in [5.74, 6) is 0.0106. The van der Waals surface area contributed by atoms with Gasteiger partial charge in [0, 0.05) is 6.20 Å². The van der Waals surface area contributed by atoms with E-state index in [1.807, 2.05) is 24.3 Å². The molecule has 6 aromatic rings. The summed E-state index contributed by atoms with van der Waals surface area (Å²) in [4.78, 5) is 30.3. The number of hydrogen-bond acceptors (Lipinski definition) is 7. The predicted molar refractivity (Wildman–Crippen MR) is 141 cm³/mol. The molecule has 0 radical (unpaired) electrons. The van der Waals surface area contributed by atoms with Crippen molar-refractivity contribution in [1.82, 2.24) is 33.5 Å². The minimum atomic E-state index is -4.86. The van der Waals surface area contributed by atoms with Crippen LogP contribution in [-0.4, -0.2) is 46.8 Å². The highest BCUT2D eigenvalue weighted by molar-refractivity contribution is 5.83. The van der Waals surface area contributed by atoms with Gasteiger partial charge in [0.2, 0.25) is 0 Å². The Morgan fingerprint density at radius 1 is 0.975 bits per heavy atom. The fourth-order valence-corrected chi connectivity index (χ4v) is 4.47. The van der Waals surface area contributed by atoms with E-state index in [1.54, 1.807) is 48.1 Å². The summed E-state index contributed by atoms with van der Waals surface area (Å²) in [6, 6.07) is 16.0. The van der Waals surface area contributed by atoms with Crippen LogP contribution in [0.5, 0.6) is 5.75 Å². The van der Waals surface area contributed by atoms with Gasteiger partial charge in [0.05, 0.1) is 25.7 Å². The van der Waals surface area contributed by atoms with Crippen LogP contribution in [0.25, 0.3) is 22.5 Å². The first kappa shape index (κ1) is 25.1. The number of ether oxygens (including phenoxy) is 1. The van der Waals surface area contributed by atoms with Crippen molar-refractivity contribution in [3.8, 4) is 11.4 Å². The first-order valence-electron chi connectivity index (χ1n) is 12.1. The minimum Gasteiger partial charge on any atom is -0.497 e. The van der Waals surface area contributed by atoms with Crippen LogP contribution in [0, 0.1) is 0 Å². The van der Waals surface area contributed by atoms with Crippen molar-refractivity contribution in [3.63, 3.8) is 0 Å². The SMILES string of the molecule is COc1ccc(Cn2cnc3c(NC(c4nc5cccn5c(=O)n4-c4ccccc4)C(F)(F)F)ncnc32)cc1. The highest BCUT2D eigenvalue weighted by Gasteiger charge is 2.45. The number of para-hydroxylation sites is 1. The Hall–Kier alpha value is -5.20. The van der Waals surface area contributed by atoms with E-state index in [1.165, 1.54) is 23.0 Å². The Bertz CT molecular complexity index is 1860. The summed E-state index contributed by atoms with van der Waals surface area (Å²) >= 11 is 0. The number of nitrogens with zero attached hydrogens (tertiary/aromatic N) is 7. The van der Waals surface area contributed by atoms with Gasteiger partial charge in [0.15, 0.2) is 23.3 Å². The number of nitrogens with one attached hydrogen (secondary N) is 1. The molecule has 1 atom stereocenters. The molecule has 202 valence electrons. The Morgan fingerprint density at radius 3 is 2.48 bits per heavy atom. The molecule has 0 saturated heterocycles. The topological polar surface area (TPSA) is 104 Å². The van der Waals surface area contributed by atoms with Crippen LogP contribution in [-0.2, 0) is 6.54 Å². The van der Waals surface area contributed by atoms with Gasteiger partial charge in [-0.05, 0) is 42.0 Å². The standard InChI is InChI=1S/C27H21F3N8O2/c1-40-19-11-9-17(10-12-19)14-36-16-33-21-23(31-15-32-24(21)36)35-22(27(28,29)30)25-34-20-8-5-13-37(20)26(39)38(25)18-6-3-2-4-7-18/h2-13,15-16,22H,14H2,1H3,(H,31,32,35). The average molecular weight is 547 g/mol. The van der Waals surface area contributed by atoms with Crippen molar-refractivity contribution in [2.75, 3.05) is 12.4 Å². The zero-order valence-corrected chi connectivity index (χ0v) is 20.9. The fourth-order valence-electron chi connectivity index (χ4n) is 4.47. The van der Waals surface area contributed by atoms with Crippen molar-refractivity contribution in [3.05, 3.63) is 107 Å². The lowest BCUT2D eigenvalue weighted by Gasteiger charge is -2.24. The van der Waals surface area contributed by atoms with Gasteiger partial charge in [-0.2, -0.15) is 13.2 Å². The number of imidazole rings is 1. The lowest BCUT2D eigenvalue weighted by molar-refractivity contribution is -0.146. The maximum atomic E-state index is 14.7. The number of anilines is 1. The van der Waals surface area contributed by atoms with E-state index >= 15 is 0 Å². The zero-order chi connectivity index (χ0) is 27.9. The number of methoxy groups -OCH3 is 1. The number of halogens is 3. The molecule has 0 spiro atoms. The Kier molecular flexibility index (Phi) is 6.17. The fraction of sp³-hybridized carbons (Fsp3) is 0.148. The molecular weight excluding hydrogens is 525 g/mol. The molecule has 1 unspecified atom stereocenters. The van der Waals surface area contributed by atoms with Crippen molar-refractivity contribution < 1.29 is 17.9 Å². The first-order chi connectivity index (χ1) is 19.3. The molecule has 0 fully saturated rings. The van der Waals surface area contributed by atoms with Gasteiger partial charge in [0.1, 0.15) is 23.2 Å². The largest absolute Gasteiger partial charge is 0.497 e. The number of rotatable bonds is 7. The van der Waals surface area contributed by atoms with Gasteiger partial charge >= 0.3 is 11.9 Å². The molecule has 0 bridgehead atoms. The van der Waals surface area contributed by atoms with E-state index in [4.69, 9.17) is 4.74 Å². The Labute approximate surface area is 224 Å². The number of fused-ring (bicyclic) bond motifs is 2. The second-order valence-electron chi connectivity index (χ2n) is 8.89. The van der Waals surface area contributed by atoms with Crippen molar-refractivity contribution >= 4 is 22.6 Å². The molecule has 0 aliphatic carbocycles. The lowest BCUT2D eigenvalue weighted by atomic mass is 10.2. The molecule has 0 saturated carbocycles. The van der Waals surface area contributed by atoms with Crippen LogP contribution < -0.4 is 15.7 Å². The molecule has 6 rings (SSSR count). The van der Waals surface area contributed by atoms with E-state index in [2.05, 4.69) is 25.3 Å². The Morgan fingerprint density at radius 2 is 1.75 bits per heavy atom. The maximum Gasteiger partial charge on any atom is 0.415 e. The first-order valence-corrected chi connectivity index (χ1v) is 12.1. The van der Waals surface area contributed by atoms with E-state index in [-0.39, 0.29) is 22.7 Å². The third-order valence-corrected chi connectivity index (χ3v) is 6.38. The highest BCUT2D eigenvalue weighted by atomic mass is 19.4. The normalized spacial score (nSPS) is 12.6. The van der Waals surface area contributed by atoms with Crippen LogP contribution in [0.1, 0.15) is 17.4 Å². The maximum absolute atomic E-state index is 14.7. The second-order valence-corrected chi connectivity index (χ2v) is 8.89. The number of alkyl halides is 3. The van der Waals surface area contributed by atoms with Crippen molar-refractivity contribution in [1.29, 1.82) is 0 Å². The number of hydrogen-bond donors (Lipinski definition) is 1. The number of aromatic nitrogens is 7. The smallest absolute Gasteiger partial charge is 0.415 e. The molecule has 0 amide bonds. The van der Waals surface area contributed by atoms with Crippen LogP contribution >= 0.6 is 0 Å². The molecular formula is C27H21F3N8O2. The van der Waals surface area contributed by atoms with Crippen LogP contribution in [0.3, 0.4) is 0 Å². The summed E-state index contributed by atoms with van der Waals surface area (Å²) in [7, 11) is 1.57. The third kappa shape index (κ3) is 4.51. The predicted octanol–water partition coefficient (Wildman–Crippen LogP) is 4.40. The van der Waals surface area contributed by atoms with Gasteiger partial charge in [-0.1, -0.05) is 30.3 Å². The quantitative estimate of drug-likeness (QED) is 0.317. The summed E-state index contributed by atoms with van der Waals surface area (Å²) in [6.07, 6.45) is -0.752. The monoisotopic (exact) mass is 546 g/mol. The molecule has 13 heteroatoms. The third-order valence-electron chi connectivity index (χ3n) is 6.38. The number of benzene rings is 2. The minimum absolute atomic E-state index is 0.0832. The van der Waals surface area contributed by atoms with Gasteiger partial charge in [-0.3, -0.25) is 4.40 Å². The van der Waals surface area contributed by atoms with Crippen LogP contribution in [0.15, 0.2) is 90.4 Å². The van der Waals surface area contributed by atoms with Gasteiger partial charge in [-0.25, -0.2) is 29.3 Å². The van der Waals surface area contributed by atoms with E-state index in [0.717, 1.165) is 16.5 Å². The average Bonchev–Trinajstić information content (AvgIpc) is 3.60. The van der Waals surface area contributed by atoms with Crippen molar-refractivity contribution in [2.24, 2.45) is 0 Å². The molecule has 10 nitrogen and oxygen atoms in total. The molecule has 4 aromatic heterocycles. The van der Waals surface area contributed by atoms with Gasteiger partial charge in [-0.15, -0.1) is 0 Å². The highest BCUT2D eigenvalue weighted by Crippen LogP contribution is 2.36. The second kappa shape index (κ2) is 9.84. The molecule has 0 aliphatic rings. The molecule has 0 aliphatic heterocycles. The van der Waals surface area contributed by atoms with Crippen molar-refractivity contribution in [2.45, 2.75) is 18.8 Å². The zero-order valence-electron chi connectivity index (χ0n) is 20.9. The van der Waals surface area contributed by atoms with Gasteiger partial charge in [0.25, 0.3) is 0 Å². The Balaban J connectivity index is 1.44. The summed E-state index contributed by atoms with van der Waals surface area (Å²) < 4.78 is 53.1. The summed E-state index contributed by atoms with van der Waals surface area (Å²) in [6.45, 7) is 0.375. The molecule has 1 N–H and O–H groups in total. The van der Waals surface area contributed by atoms with Gasteiger partial charge < -0.3 is 14.6 Å². The molecule has 40 heavy (non-hydrogen) atoms. The summed E-state index contributed by atoms with van der Waals surface area (Å²) in [5, 5.41) is 2.46. The molecule has 2 aromatic carbocycles. The molecule has 4 heterocycles. The van der Waals surface area contributed by atoms with Crippen LogP contribution in [0.4, 0.5) is 19.0 Å². The van der Waals surface area contributed by atoms with E-state index in [9.17, 15) is 18.0 Å². The lowest BCUT2D eigenvalue weighted by Crippen LogP contribution is -2.37. The van der Waals surface area contributed by atoms with Crippen LogP contribution in [0.2, 0.25) is 0 Å².